The molecule has 0 aromatic carbocycles. The van der Waals surface area contributed by atoms with Crippen LogP contribution in [0.2, 0.25) is 4.34 Å². The number of amides is 1. The van der Waals surface area contributed by atoms with Crippen LogP contribution >= 0.6 is 22.9 Å². The summed E-state index contributed by atoms with van der Waals surface area (Å²) in [6, 6.07) is 2.87. The number of hydrogen-bond donors (Lipinski definition) is 1. The van der Waals surface area contributed by atoms with Crippen molar-refractivity contribution in [2.24, 2.45) is 0 Å². The summed E-state index contributed by atoms with van der Waals surface area (Å²) in [5, 5.41) is 2.79. The quantitative estimate of drug-likeness (QED) is 0.852. The highest BCUT2D eigenvalue weighted by atomic mass is 35.5. The molecule has 6 nitrogen and oxygen atoms in total. The Balaban J connectivity index is 1.99. The second-order valence-corrected chi connectivity index (χ2v) is 8.95. The van der Waals surface area contributed by atoms with E-state index in [1.807, 2.05) is 18.7 Å². The predicted molar refractivity (Wildman–Crippen MR) is 87.8 cm³/mol. The molecule has 0 spiro atoms. The second-order valence-electron chi connectivity index (χ2n) is 5.07. The smallest absolute Gasteiger partial charge is 0.252 e. The van der Waals surface area contributed by atoms with Crippen LogP contribution in [0.1, 0.15) is 13.8 Å². The minimum atomic E-state index is -3.48. The molecule has 0 bridgehead atoms. The van der Waals surface area contributed by atoms with Gasteiger partial charge in [0.2, 0.25) is 5.91 Å². The summed E-state index contributed by atoms with van der Waals surface area (Å²) in [6.07, 6.45) is 0. The largest absolute Gasteiger partial charge is 0.355 e. The number of piperazine rings is 1. The van der Waals surface area contributed by atoms with E-state index in [4.69, 9.17) is 11.6 Å². The third-order valence-corrected chi connectivity index (χ3v) is 7.29. The number of nitrogens with one attached hydrogen (secondary N) is 1. The molecule has 1 amide bonds. The van der Waals surface area contributed by atoms with Gasteiger partial charge >= 0.3 is 0 Å². The van der Waals surface area contributed by atoms with Gasteiger partial charge < -0.3 is 5.32 Å². The van der Waals surface area contributed by atoms with E-state index in [1.54, 1.807) is 6.07 Å². The maximum Gasteiger partial charge on any atom is 0.252 e. The normalized spacial score (nSPS) is 19.0. The number of sulfonamides is 1. The fourth-order valence-corrected chi connectivity index (χ4v) is 5.44. The number of likely N-dealkylation sites (N-methyl/N-ethyl adjacent to an activating group) is 1. The van der Waals surface area contributed by atoms with Crippen LogP contribution < -0.4 is 5.32 Å². The first kappa shape index (κ1) is 17.7. The molecular weight excluding hydrogens is 346 g/mol. The molecule has 2 heterocycles. The SMILES string of the molecule is CCNC(=O)[C@H](C)N1CCN(S(=O)(=O)c2ccc(Cl)s2)CC1. The van der Waals surface area contributed by atoms with Crippen molar-refractivity contribution in [3.8, 4) is 0 Å². The van der Waals surface area contributed by atoms with Crippen LogP contribution in [-0.4, -0.2) is 62.3 Å². The molecule has 0 radical (unpaired) electrons. The Hall–Kier alpha value is -0.670. The summed E-state index contributed by atoms with van der Waals surface area (Å²) in [5.74, 6) is -0.0242. The standard InChI is InChI=1S/C13H20ClN3O3S2/c1-3-15-13(18)10(2)16-6-8-17(9-7-16)22(19,20)12-5-4-11(14)21-12/h4-5,10H,3,6-9H2,1-2H3,(H,15,18)/t10-/m0/s1. The fraction of sp³-hybridized carbons (Fsp3) is 0.615. The van der Waals surface area contributed by atoms with Crippen LogP contribution in [0.5, 0.6) is 0 Å². The Kier molecular flexibility index (Phi) is 5.84. The summed E-state index contributed by atoms with van der Waals surface area (Å²) >= 11 is 6.88. The Bertz CT molecular complexity index is 624. The zero-order chi connectivity index (χ0) is 16.3. The lowest BCUT2D eigenvalue weighted by Crippen LogP contribution is -2.54. The van der Waals surface area contributed by atoms with Crippen LogP contribution in [0, 0.1) is 0 Å². The molecule has 1 atom stereocenters. The van der Waals surface area contributed by atoms with Crippen LogP contribution in [0.15, 0.2) is 16.3 Å². The first-order valence-corrected chi connectivity index (χ1v) is 9.77. The van der Waals surface area contributed by atoms with Crippen molar-refractivity contribution in [2.45, 2.75) is 24.1 Å². The fourth-order valence-electron chi connectivity index (χ4n) is 2.38. The summed E-state index contributed by atoms with van der Waals surface area (Å²) < 4.78 is 27.2. The number of thiophene rings is 1. The van der Waals surface area contributed by atoms with E-state index in [1.165, 1.54) is 10.4 Å². The highest BCUT2D eigenvalue weighted by Crippen LogP contribution is 2.28. The minimum absolute atomic E-state index is 0.0242. The average molecular weight is 366 g/mol. The number of nitrogens with zero attached hydrogens (tertiary/aromatic N) is 2. The lowest BCUT2D eigenvalue weighted by Gasteiger charge is -2.36. The average Bonchev–Trinajstić information content (AvgIpc) is 2.94. The summed E-state index contributed by atoms with van der Waals surface area (Å²) in [6.45, 7) is 6.14. The second kappa shape index (κ2) is 7.27. The topological polar surface area (TPSA) is 69.7 Å². The van der Waals surface area contributed by atoms with Crippen molar-refractivity contribution < 1.29 is 13.2 Å². The molecule has 0 saturated carbocycles. The molecule has 1 aromatic heterocycles. The van der Waals surface area contributed by atoms with Crippen molar-refractivity contribution in [1.82, 2.24) is 14.5 Å². The molecule has 124 valence electrons. The van der Waals surface area contributed by atoms with E-state index in [0.717, 1.165) is 11.3 Å². The molecule has 0 aliphatic carbocycles. The van der Waals surface area contributed by atoms with E-state index < -0.39 is 10.0 Å². The van der Waals surface area contributed by atoms with Gasteiger partial charge in [-0.2, -0.15) is 4.31 Å². The molecule has 1 saturated heterocycles. The van der Waals surface area contributed by atoms with Gasteiger partial charge in [-0.25, -0.2) is 8.42 Å². The highest BCUT2D eigenvalue weighted by molar-refractivity contribution is 7.91. The van der Waals surface area contributed by atoms with Crippen LogP contribution in [0.4, 0.5) is 0 Å². The van der Waals surface area contributed by atoms with Crippen LogP contribution in [-0.2, 0) is 14.8 Å². The third kappa shape index (κ3) is 3.80. The maximum absolute atomic E-state index is 12.5. The minimum Gasteiger partial charge on any atom is -0.355 e. The van der Waals surface area contributed by atoms with E-state index in [9.17, 15) is 13.2 Å². The molecule has 1 aliphatic heterocycles. The number of carbonyl (C=O) groups excluding carboxylic acids is 1. The van der Waals surface area contributed by atoms with Crippen LogP contribution in [0.25, 0.3) is 0 Å². The molecule has 9 heteroatoms. The monoisotopic (exact) mass is 365 g/mol. The molecule has 2 rings (SSSR count). The molecule has 22 heavy (non-hydrogen) atoms. The first-order chi connectivity index (χ1) is 10.4. The van der Waals surface area contributed by atoms with Gasteiger partial charge in [0.15, 0.2) is 0 Å². The van der Waals surface area contributed by atoms with E-state index in [-0.39, 0.29) is 16.2 Å². The summed E-state index contributed by atoms with van der Waals surface area (Å²) in [5.41, 5.74) is 0. The number of rotatable bonds is 5. The van der Waals surface area contributed by atoms with Gasteiger partial charge in [-0.3, -0.25) is 9.69 Å². The molecule has 1 aromatic rings. The maximum atomic E-state index is 12.5. The van der Waals surface area contributed by atoms with Gasteiger partial charge in [0, 0.05) is 32.7 Å². The predicted octanol–water partition coefficient (Wildman–Crippen LogP) is 1.23. The van der Waals surface area contributed by atoms with Crippen molar-refractivity contribution >= 4 is 38.9 Å². The van der Waals surface area contributed by atoms with Crippen molar-refractivity contribution in [3.63, 3.8) is 0 Å². The molecule has 1 aliphatic rings. The number of hydrogen-bond acceptors (Lipinski definition) is 5. The van der Waals surface area contributed by atoms with Gasteiger partial charge in [-0.1, -0.05) is 11.6 Å². The first-order valence-electron chi connectivity index (χ1n) is 7.13. The van der Waals surface area contributed by atoms with E-state index >= 15 is 0 Å². The lowest BCUT2D eigenvalue weighted by molar-refractivity contribution is -0.126. The molecule has 1 N–H and O–H groups in total. The Morgan fingerprint density at radius 1 is 1.36 bits per heavy atom. The van der Waals surface area contributed by atoms with Crippen molar-refractivity contribution in [2.75, 3.05) is 32.7 Å². The lowest BCUT2D eigenvalue weighted by atomic mass is 10.2. The Morgan fingerprint density at radius 2 is 2.00 bits per heavy atom. The van der Waals surface area contributed by atoms with Crippen molar-refractivity contribution in [3.05, 3.63) is 16.5 Å². The molecule has 1 fully saturated rings. The Labute approximate surface area is 140 Å². The van der Waals surface area contributed by atoms with Gasteiger partial charge in [0.05, 0.1) is 10.4 Å². The van der Waals surface area contributed by atoms with Gasteiger partial charge in [0.25, 0.3) is 10.0 Å². The zero-order valence-corrected chi connectivity index (χ0v) is 15.0. The zero-order valence-electron chi connectivity index (χ0n) is 12.6. The number of carbonyl (C=O) groups is 1. The van der Waals surface area contributed by atoms with Gasteiger partial charge in [-0.05, 0) is 26.0 Å². The highest BCUT2D eigenvalue weighted by Gasteiger charge is 2.32. The van der Waals surface area contributed by atoms with E-state index in [2.05, 4.69) is 5.32 Å². The van der Waals surface area contributed by atoms with Crippen LogP contribution in [0.3, 0.4) is 0 Å². The van der Waals surface area contributed by atoms with Crippen molar-refractivity contribution in [1.29, 1.82) is 0 Å². The molecular formula is C13H20ClN3O3S2. The summed E-state index contributed by atoms with van der Waals surface area (Å²) in [7, 11) is -3.48. The van der Waals surface area contributed by atoms with E-state index in [0.29, 0.717) is 37.1 Å². The van der Waals surface area contributed by atoms with Gasteiger partial charge in [0.1, 0.15) is 4.21 Å². The molecule has 0 unspecified atom stereocenters. The number of halogens is 1. The Morgan fingerprint density at radius 3 is 2.50 bits per heavy atom. The summed E-state index contributed by atoms with van der Waals surface area (Å²) in [4.78, 5) is 13.8. The third-order valence-electron chi connectivity index (χ3n) is 3.69. The van der Waals surface area contributed by atoms with Gasteiger partial charge in [-0.15, -0.1) is 11.3 Å².